The number of benzene rings is 1. The van der Waals surface area contributed by atoms with Gasteiger partial charge in [-0.15, -0.1) is 11.3 Å². The van der Waals surface area contributed by atoms with Gasteiger partial charge in [-0.3, -0.25) is 9.78 Å². The largest absolute Gasteiger partial charge is 0.479 e. The topological polar surface area (TPSA) is 45.7 Å². The molecule has 1 amide bonds. The van der Waals surface area contributed by atoms with Crippen LogP contribution < -0.4 is 4.74 Å². The van der Waals surface area contributed by atoms with Crippen molar-refractivity contribution in [3.05, 3.63) is 46.4 Å². The second-order valence-corrected chi connectivity index (χ2v) is 10.8. The lowest BCUT2D eigenvalue weighted by atomic mass is 9.98. The first-order valence-electron chi connectivity index (χ1n) is 12.0. The fourth-order valence-corrected chi connectivity index (χ4v) is 6.81. The molecule has 2 aromatic heterocycles. The number of hydrogen-bond donors (Lipinski definition) is 0. The fraction of sp³-hybridized carbons (Fsp3) is 0.462. The van der Waals surface area contributed by atoms with Gasteiger partial charge in [-0.1, -0.05) is 18.0 Å². The average Bonchev–Trinajstić information content (AvgIpc) is 3.51. The molecule has 0 spiro atoms. The second kappa shape index (κ2) is 8.90. The molecule has 3 aliphatic rings. The van der Waals surface area contributed by atoms with Crippen LogP contribution >= 0.6 is 22.9 Å². The van der Waals surface area contributed by atoms with Crippen LogP contribution in [0.3, 0.4) is 0 Å². The highest BCUT2D eigenvalue weighted by Gasteiger charge is 2.36. The quantitative estimate of drug-likeness (QED) is 0.502. The lowest BCUT2D eigenvalue weighted by Crippen LogP contribution is -2.50. The van der Waals surface area contributed by atoms with Crippen LogP contribution in [0, 0.1) is 0 Å². The molecule has 0 unspecified atom stereocenters. The van der Waals surface area contributed by atoms with E-state index in [1.54, 1.807) is 11.3 Å². The van der Waals surface area contributed by atoms with Gasteiger partial charge >= 0.3 is 0 Å². The Morgan fingerprint density at radius 3 is 2.70 bits per heavy atom. The highest BCUT2D eigenvalue weighted by atomic mass is 35.5. The van der Waals surface area contributed by atoms with Gasteiger partial charge in [-0.25, -0.2) is 0 Å². The van der Waals surface area contributed by atoms with Crippen LogP contribution in [0.1, 0.15) is 37.7 Å². The Morgan fingerprint density at radius 1 is 1.06 bits per heavy atom. The number of rotatable bonds is 3. The number of aromatic nitrogens is 1. The van der Waals surface area contributed by atoms with E-state index in [2.05, 4.69) is 9.88 Å². The number of thiophene rings is 1. The molecule has 6 rings (SSSR count). The second-order valence-electron chi connectivity index (χ2n) is 9.40. The third-order valence-electron chi connectivity index (χ3n) is 7.39. The van der Waals surface area contributed by atoms with Crippen molar-refractivity contribution >= 4 is 39.1 Å². The highest BCUT2D eigenvalue weighted by Crippen LogP contribution is 2.44. The predicted molar refractivity (Wildman–Crippen MR) is 133 cm³/mol. The molecule has 3 aliphatic heterocycles. The Morgan fingerprint density at radius 2 is 1.88 bits per heavy atom. The van der Waals surface area contributed by atoms with E-state index in [0.29, 0.717) is 17.5 Å². The minimum atomic E-state index is -0.468. The van der Waals surface area contributed by atoms with E-state index in [1.165, 1.54) is 32.4 Å². The summed E-state index contributed by atoms with van der Waals surface area (Å²) >= 11 is 8.16. The van der Waals surface area contributed by atoms with Crippen LogP contribution in [0.4, 0.5) is 0 Å². The van der Waals surface area contributed by atoms with Crippen LogP contribution in [-0.2, 0) is 11.2 Å². The van der Waals surface area contributed by atoms with E-state index in [4.69, 9.17) is 16.3 Å². The summed E-state index contributed by atoms with van der Waals surface area (Å²) in [6, 6.07) is 8.56. The van der Waals surface area contributed by atoms with Crippen molar-refractivity contribution in [3.63, 3.8) is 0 Å². The standard InChI is InChI=1S/C26H28ClN3O2S/c27-18-14-17-15-23(26(31)30-11-5-19(6-12-30)29-9-2-1-3-10-29)32-24(17)21(16-18)20-4-8-28-22-7-13-33-25(20)22/h4,7-8,13-14,16,19,23H,1-3,5-6,9-12,15H2/t23-/m1/s1. The van der Waals surface area contributed by atoms with Gasteiger partial charge in [-0.2, -0.15) is 0 Å². The maximum atomic E-state index is 13.4. The first-order chi connectivity index (χ1) is 16.2. The molecule has 2 saturated heterocycles. The molecule has 3 aromatic rings. The van der Waals surface area contributed by atoms with Gasteiger partial charge in [-0.05, 0) is 68.4 Å². The summed E-state index contributed by atoms with van der Waals surface area (Å²) in [5, 5.41) is 2.72. The predicted octanol–water partition coefficient (Wildman–Crippen LogP) is 5.40. The zero-order valence-corrected chi connectivity index (χ0v) is 20.2. The molecular weight excluding hydrogens is 454 g/mol. The molecular formula is C26H28ClN3O2S. The smallest absolute Gasteiger partial charge is 0.263 e. The fourth-order valence-electron chi connectivity index (χ4n) is 5.69. The minimum absolute atomic E-state index is 0.112. The molecule has 0 bridgehead atoms. The third kappa shape index (κ3) is 4.02. The van der Waals surface area contributed by atoms with Crippen molar-refractivity contribution in [2.24, 2.45) is 0 Å². The monoisotopic (exact) mass is 481 g/mol. The van der Waals surface area contributed by atoms with Crippen molar-refractivity contribution in [2.45, 2.75) is 50.7 Å². The number of piperidine rings is 2. The van der Waals surface area contributed by atoms with Crippen LogP contribution in [-0.4, -0.2) is 59.0 Å². The molecule has 5 heterocycles. The van der Waals surface area contributed by atoms with Gasteiger partial charge in [0.25, 0.3) is 5.91 Å². The molecule has 0 saturated carbocycles. The number of ether oxygens (including phenoxy) is 1. The zero-order valence-electron chi connectivity index (χ0n) is 18.6. The molecule has 0 N–H and O–H groups in total. The number of halogens is 1. The summed E-state index contributed by atoms with van der Waals surface area (Å²) in [6.07, 6.45) is 8.04. The number of hydrogen-bond acceptors (Lipinski definition) is 5. The number of amides is 1. The van der Waals surface area contributed by atoms with E-state index < -0.39 is 6.10 Å². The molecule has 0 radical (unpaired) electrons. The van der Waals surface area contributed by atoms with Crippen LogP contribution in [0.5, 0.6) is 5.75 Å². The third-order valence-corrected chi connectivity index (χ3v) is 8.54. The summed E-state index contributed by atoms with van der Waals surface area (Å²) in [6.45, 7) is 4.08. The number of fused-ring (bicyclic) bond motifs is 2. The molecule has 2 fully saturated rings. The Kier molecular flexibility index (Phi) is 5.76. The minimum Gasteiger partial charge on any atom is -0.479 e. The first kappa shape index (κ1) is 21.4. The lowest BCUT2D eigenvalue weighted by Gasteiger charge is -2.40. The molecule has 5 nitrogen and oxygen atoms in total. The van der Waals surface area contributed by atoms with Crippen LogP contribution in [0.2, 0.25) is 5.02 Å². The summed E-state index contributed by atoms with van der Waals surface area (Å²) in [7, 11) is 0. The maximum Gasteiger partial charge on any atom is 0.263 e. The number of carbonyl (C=O) groups excluding carboxylic acids is 1. The first-order valence-corrected chi connectivity index (χ1v) is 13.3. The molecule has 0 aliphatic carbocycles. The lowest BCUT2D eigenvalue weighted by molar-refractivity contribution is -0.139. The molecule has 172 valence electrons. The van der Waals surface area contributed by atoms with E-state index in [-0.39, 0.29) is 5.91 Å². The molecule has 7 heteroatoms. The van der Waals surface area contributed by atoms with Crippen molar-refractivity contribution < 1.29 is 9.53 Å². The Bertz CT molecular complexity index is 1180. The van der Waals surface area contributed by atoms with Gasteiger partial charge < -0.3 is 14.5 Å². The number of likely N-dealkylation sites (tertiary alicyclic amines) is 2. The van der Waals surface area contributed by atoms with Crippen molar-refractivity contribution in [3.8, 4) is 16.9 Å². The van der Waals surface area contributed by atoms with Gasteiger partial charge in [0, 0.05) is 53.5 Å². The van der Waals surface area contributed by atoms with E-state index in [9.17, 15) is 4.79 Å². The molecule has 33 heavy (non-hydrogen) atoms. The zero-order chi connectivity index (χ0) is 22.4. The van der Waals surface area contributed by atoms with Gasteiger partial charge in [0.2, 0.25) is 0 Å². The molecule has 1 atom stereocenters. The normalized spacial score (nSPS) is 21.8. The van der Waals surface area contributed by atoms with Gasteiger partial charge in [0.1, 0.15) is 5.75 Å². The van der Waals surface area contributed by atoms with E-state index >= 15 is 0 Å². The van der Waals surface area contributed by atoms with E-state index in [1.807, 2.05) is 40.7 Å². The SMILES string of the molecule is O=C([C@H]1Cc2cc(Cl)cc(-c3ccnc4ccsc34)c2O1)N1CCC(N2CCCCC2)CC1. The highest BCUT2D eigenvalue weighted by molar-refractivity contribution is 7.17. The van der Waals surface area contributed by atoms with E-state index in [0.717, 1.165) is 58.6 Å². The van der Waals surface area contributed by atoms with Crippen molar-refractivity contribution in [2.75, 3.05) is 26.2 Å². The summed E-state index contributed by atoms with van der Waals surface area (Å²) < 4.78 is 7.47. The van der Waals surface area contributed by atoms with Crippen molar-refractivity contribution in [1.82, 2.24) is 14.8 Å². The van der Waals surface area contributed by atoms with Crippen LogP contribution in [0.25, 0.3) is 21.3 Å². The Labute approximate surface area is 203 Å². The number of pyridine rings is 1. The number of nitrogens with zero attached hydrogens (tertiary/aromatic N) is 3. The van der Waals surface area contributed by atoms with Crippen molar-refractivity contribution in [1.29, 1.82) is 0 Å². The maximum absolute atomic E-state index is 13.4. The molecule has 1 aromatic carbocycles. The Hall–Kier alpha value is -2.15. The van der Waals surface area contributed by atoms with Crippen LogP contribution in [0.15, 0.2) is 35.8 Å². The summed E-state index contributed by atoms with van der Waals surface area (Å²) in [5.74, 6) is 0.906. The number of carbonyl (C=O) groups is 1. The van der Waals surface area contributed by atoms with Gasteiger partial charge in [0.15, 0.2) is 6.10 Å². The summed E-state index contributed by atoms with van der Waals surface area (Å²) in [4.78, 5) is 22.5. The average molecular weight is 482 g/mol. The van der Waals surface area contributed by atoms with Gasteiger partial charge in [0.05, 0.1) is 10.2 Å². The summed E-state index contributed by atoms with van der Waals surface area (Å²) in [5.41, 5.74) is 3.99. The Balaban J connectivity index is 1.20.